The summed E-state index contributed by atoms with van der Waals surface area (Å²) >= 11 is 11.3. The molecule has 0 aliphatic heterocycles. The van der Waals surface area contributed by atoms with Crippen LogP contribution in [-0.2, 0) is 0 Å². The number of rotatable bonds is 1. The molecule has 1 N–H and O–H groups in total. The van der Waals surface area contributed by atoms with Gasteiger partial charge in [0.25, 0.3) is 5.56 Å². The maximum atomic E-state index is 12.6. The van der Waals surface area contributed by atoms with Gasteiger partial charge in [0.2, 0.25) is 0 Å². The highest BCUT2D eigenvalue weighted by Crippen LogP contribution is 2.16. The summed E-state index contributed by atoms with van der Waals surface area (Å²) < 4.78 is 1.85. The van der Waals surface area contributed by atoms with E-state index in [1.807, 2.05) is 31.2 Å². The number of halogens is 1. The molecule has 0 bridgehead atoms. The summed E-state index contributed by atoms with van der Waals surface area (Å²) in [6.07, 6.45) is 0. The Labute approximate surface area is 125 Å². The SMILES string of the molecule is Cc1ccc(-n2c(=S)[nH]c3ccc(Cl)cc3c2=O)cc1. The van der Waals surface area contributed by atoms with Gasteiger partial charge in [0, 0.05) is 5.02 Å². The first kappa shape index (κ1) is 13.1. The van der Waals surface area contributed by atoms with Gasteiger partial charge in [-0.2, -0.15) is 0 Å². The molecule has 3 nitrogen and oxygen atoms in total. The number of aromatic amines is 1. The van der Waals surface area contributed by atoms with Crippen molar-refractivity contribution in [1.29, 1.82) is 0 Å². The van der Waals surface area contributed by atoms with Crippen LogP contribution >= 0.6 is 23.8 Å². The molecule has 0 fully saturated rings. The molecular weight excluding hydrogens is 292 g/mol. The first-order chi connectivity index (χ1) is 9.56. The summed E-state index contributed by atoms with van der Waals surface area (Å²) in [5.41, 5.74) is 2.38. The molecule has 5 heteroatoms. The molecule has 3 aromatic rings. The molecule has 1 heterocycles. The maximum Gasteiger partial charge on any atom is 0.266 e. The van der Waals surface area contributed by atoms with Crippen LogP contribution in [0, 0.1) is 11.7 Å². The Kier molecular flexibility index (Phi) is 3.20. The van der Waals surface area contributed by atoms with Crippen LogP contribution in [0.3, 0.4) is 0 Å². The Morgan fingerprint density at radius 2 is 1.85 bits per heavy atom. The lowest BCUT2D eigenvalue weighted by molar-refractivity contribution is 0.939. The zero-order valence-electron chi connectivity index (χ0n) is 10.7. The topological polar surface area (TPSA) is 37.8 Å². The molecule has 0 aliphatic rings. The van der Waals surface area contributed by atoms with Crippen molar-refractivity contribution in [3.63, 3.8) is 0 Å². The summed E-state index contributed by atoms with van der Waals surface area (Å²) in [6, 6.07) is 12.8. The van der Waals surface area contributed by atoms with E-state index in [2.05, 4.69) is 4.98 Å². The number of aryl methyl sites for hydroxylation is 1. The second-order valence-corrected chi connectivity index (χ2v) is 5.42. The van der Waals surface area contributed by atoms with E-state index in [0.29, 0.717) is 20.7 Å². The van der Waals surface area contributed by atoms with Crippen molar-refractivity contribution in [1.82, 2.24) is 9.55 Å². The lowest BCUT2D eigenvalue weighted by atomic mass is 10.2. The van der Waals surface area contributed by atoms with Crippen molar-refractivity contribution in [3.8, 4) is 5.69 Å². The van der Waals surface area contributed by atoms with E-state index in [-0.39, 0.29) is 5.56 Å². The Bertz CT molecular complexity index is 910. The van der Waals surface area contributed by atoms with Gasteiger partial charge < -0.3 is 4.98 Å². The van der Waals surface area contributed by atoms with Crippen molar-refractivity contribution < 1.29 is 0 Å². The molecule has 0 saturated heterocycles. The molecule has 0 saturated carbocycles. The highest BCUT2D eigenvalue weighted by Gasteiger charge is 2.07. The fourth-order valence-corrected chi connectivity index (χ4v) is 2.58. The number of hydrogen-bond acceptors (Lipinski definition) is 2. The van der Waals surface area contributed by atoms with Crippen molar-refractivity contribution in [2.45, 2.75) is 6.92 Å². The van der Waals surface area contributed by atoms with Gasteiger partial charge in [-0.15, -0.1) is 0 Å². The van der Waals surface area contributed by atoms with Crippen LogP contribution in [0.5, 0.6) is 0 Å². The fourth-order valence-electron chi connectivity index (χ4n) is 2.11. The third-order valence-electron chi connectivity index (χ3n) is 3.15. The Morgan fingerprint density at radius 3 is 2.55 bits per heavy atom. The molecule has 0 radical (unpaired) electrons. The van der Waals surface area contributed by atoms with Gasteiger partial charge >= 0.3 is 0 Å². The number of fused-ring (bicyclic) bond motifs is 1. The van der Waals surface area contributed by atoms with Gasteiger partial charge in [0.1, 0.15) is 0 Å². The number of benzene rings is 2. The number of hydrogen-bond donors (Lipinski definition) is 1. The van der Waals surface area contributed by atoms with E-state index >= 15 is 0 Å². The van der Waals surface area contributed by atoms with E-state index in [0.717, 1.165) is 11.3 Å². The normalized spacial score (nSPS) is 10.9. The average Bonchev–Trinajstić information content (AvgIpc) is 2.42. The van der Waals surface area contributed by atoms with Gasteiger partial charge in [-0.25, -0.2) is 0 Å². The van der Waals surface area contributed by atoms with Crippen LogP contribution in [0.1, 0.15) is 5.56 Å². The fraction of sp³-hybridized carbons (Fsp3) is 0.0667. The van der Waals surface area contributed by atoms with Gasteiger partial charge in [0.15, 0.2) is 4.77 Å². The van der Waals surface area contributed by atoms with Crippen LogP contribution in [0.15, 0.2) is 47.3 Å². The largest absolute Gasteiger partial charge is 0.331 e. The van der Waals surface area contributed by atoms with Crippen LogP contribution in [0.2, 0.25) is 5.02 Å². The number of nitrogens with zero attached hydrogens (tertiary/aromatic N) is 1. The predicted molar refractivity (Wildman–Crippen MR) is 84.5 cm³/mol. The number of H-pyrrole nitrogens is 1. The third kappa shape index (κ3) is 2.17. The van der Waals surface area contributed by atoms with Gasteiger partial charge in [-0.1, -0.05) is 29.3 Å². The molecule has 0 unspecified atom stereocenters. The second kappa shape index (κ2) is 4.89. The highest BCUT2D eigenvalue weighted by molar-refractivity contribution is 7.71. The van der Waals surface area contributed by atoms with E-state index in [1.54, 1.807) is 18.2 Å². The minimum absolute atomic E-state index is 0.171. The quantitative estimate of drug-likeness (QED) is 0.690. The number of aromatic nitrogens is 2. The maximum absolute atomic E-state index is 12.6. The van der Waals surface area contributed by atoms with E-state index < -0.39 is 0 Å². The summed E-state index contributed by atoms with van der Waals surface area (Å²) in [6.45, 7) is 1.99. The zero-order valence-corrected chi connectivity index (χ0v) is 12.3. The van der Waals surface area contributed by atoms with E-state index in [1.165, 1.54) is 4.57 Å². The van der Waals surface area contributed by atoms with E-state index in [4.69, 9.17) is 23.8 Å². The molecule has 2 aromatic carbocycles. The van der Waals surface area contributed by atoms with Crippen molar-refractivity contribution in [2.75, 3.05) is 0 Å². The summed E-state index contributed by atoms with van der Waals surface area (Å²) in [7, 11) is 0. The minimum atomic E-state index is -0.171. The molecule has 0 aliphatic carbocycles. The molecule has 0 atom stereocenters. The molecule has 1 aromatic heterocycles. The van der Waals surface area contributed by atoms with Crippen LogP contribution in [-0.4, -0.2) is 9.55 Å². The zero-order chi connectivity index (χ0) is 14.3. The predicted octanol–water partition coefficient (Wildman–Crippen LogP) is 4.01. The Morgan fingerprint density at radius 1 is 1.15 bits per heavy atom. The molecule has 100 valence electrons. The molecule has 20 heavy (non-hydrogen) atoms. The van der Waals surface area contributed by atoms with Crippen molar-refractivity contribution in [3.05, 3.63) is 68.2 Å². The Balaban J connectivity index is 2.39. The Hall–Kier alpha value is -1.91. The van der Waals surface area contributed by atoms with E-state index in [9.17, 15) is 4.79 Å². The van der Waals surface area contributed by atoms with Gasteiger partial charge in [0.05, 0.1) is 16.6 Å². The summed E-state index contributed by atoms with van der Waals surface area (Å²) in [5, 5.41) is 1.04. The van der Waals surface area contributed by atoms with Crippen LogP contribution < -0.4 is 5.56 Å². The highest BCUT2D eigenvalue weighted by atomic mass is 35.5. The van der Waals surface area contributed by atoms with Crippen LogP contribution in [0.4, 0.5) is 0 Å². The van der Waals surface area contributed by atoms with Gasteiger partial charge in [-0.05, 0) is 49.5 Å². The van der Waals surface area contributed by atoms with Crippen molar-refractivity contribution >= 4 is 34.7 Å². The number of nitrogens with one attached hydrogen (secondary N) is 1. The standard InChI is InChI=1S/C15H11ClN2OS/c1-9-2-5-11(6-3-9)18-14(19)12-8-10(16)4-7-13(12)17-15(18)20/h2-8H,1H3,(H,17,20). The molecule has 0 amide bonds. The average molecular weight is 303 g/mol. The van der Waals surface area contributed by atoms with Crippen LogP contribution in [0.25, 0.3) is 16.6 Å². The second-order valence-electron chi connectivity index (χ2n) is 4.60. The third-order valence-corrected chi connectivity index (χ3v) is 3.67. The molecule has 3 rings (SSSR count). The van der Waals surface area contributed by atoms with Gasteiger partial charge in [-0.3, -0.25) is 9.36 Å². The first-order valence-corrected chi connectivity index (χ1v) is 6.86. The minimum Gasteiger partial charge on any atom is -0.331 e. The lowest BCUT2D eigenvalue weighted by Crippen LogP contribution is -2.20. The molecular formula is C15H11ClN2OS. The first-order valence-electron chi connectivity index (χ1n) is 6.08. The monoisotopic (exact) mass is 302 g/mol. The van der Waals surface area contributed by atoms with Crippen molar-refractivity contribution in [2.24, 2.45) is 0 Å². The molecule has 0 spiro atoms. The lowest BCUT2D eigenvalue weighted by Gasteiger charge is -2.08. The smallest absolute Gasteiger partial charge is 0.266 e. The summed E-state index contributed by atoms with van der Waals surface area (Å²) in [4.78, 5) is 15.7. The summed E-state index contributed by atoms with van der Waals surface area (Å²) in [5.74, 6) is 0.